The Balaban J connectivity index is 1.64. The van der Waals surface area contributed by atoms with Crippen molar-refractivity contribution in [1.29, 1.82) is 0 Å². The Labute approximate surface area is 103 Å². The number of fused-ring (bicyclic) bond motifs is 1. The second-order valence-corrected chi connectivity index (χ2v) is 5.31. The van der Waals surface area contributed by atoms with Gasteiger partial charge in [-0.25, -0.2) is 0 Å². The second-order valence-electron chi connectivity index (χ2n) is 5.31. The van der Waals surface area contributed by atoms with Crippen LogP contribution in [0.3, 0.4) is 0 Å². The monoisotopic (exact) mass is 231 g/mol. The number of hydrogen-bond donors (Lipinski definition) is 1. The fraction of sp³-hybridized carbons (Fsp3) is 0.643. The number of nitrogens with one attached hydrogen (secondary N) is 1. The van der Waals surface area contributed by atoms with Crippen molar-refractivity contribution >= 4 is 0 Å². The van der Waals surface area contributed by atoms with Gasteiger partial charge in [-0.05, 0) is 50.4 Å². The summed E-state index contributed by atoms with van der Waals surface area (Å²) in [6.45, 7) is 4.85. The van der Waals surface area contributed by atoms with E-state index < -0.39 is 0 Å². The topological polar surface area (TPSA) is 28.2 Å². The molecule has 0 bridgehead atoms. The molecule has 17 heavy (non-hydrogen) atoms. The predicted octanol–water partition coefficient (Wildman–Crippen LogP) is 1.97. The van der Waals surface area contributed by atoms with E-state index in [9.17, 15) is 0 Å². The third-order valence-corrected chi connectivity index (χ3v) is 4.28. The standard InChI is InChI=1S/C14H21N3/c1-11(12-4-7-15-8-5-12)16-13-6-10-17-9-2-3-14(13)17/h4-5,7-8,11,13-14,16H,2-3,6,9-10H2,1H3/t11-,13?,14?/m1/s1. The van der Waals surface area contributed by atoms with Gasteiger partial charge in [-0.3, -0.25) is 9.88 Å². The van der Waals surface area contributed by atoms with Gasteiger partial charge in [-0.2, -0.15) is 0 Å². The molecule has 92 valence electrons. The summed E-state index contributed by atoms with van der Waals surface area (Å²) < 4.78 is 0. The normalized spacial score (nSPS) is 30.4. The average Bonchev–Trinajstić information content (AvgIpc) is 2.95. The summed E-state index contributed by atoms with van der Waals surface area (Å²) in [6.07, 6.45) is 7.82. The molecule has 0 aliphatic carbocycles. The fourth-order valence-corrected chi connectivity index (χ4v) is 3.35. The minimum atomic E-state index is 0.434. The highest BCUT2D eigenvalue weighted by molar-refractivity contribution is 5.14. The Kier molecular flexibility index (Phi) is 3.12. The number of aromatic nitrogens is 1. The lowest BCUT2D eigenvalue weighted by Crippen LogP contribution is -2.40. The van der Waals surface area contributed by atoms with E-state index >= 15 is 0 Å². The zero-order chi connectivity index (χ0) is 11.7. The first kappa shape index (κ1) is 11.2. The van der Waals surface area contributed by atoms with Crippen LogP contribution in [0, 0.1) is 0 Å². The van der Waals surface area contributed by atoms with E-state index in [2.05, 4.69) is 34.3 Å². The maximum Gasteiger partial charge on any atom is 0.0296 e. The molecule has 3 nitrogen and oxygen atoms in total. The Morgan fingerprint density at radius 1 is 1.29 bits per heavy atom. The summed E-state index contributed by atoms with van der Waals surface area (Å²) in [7, 11) is 0. The predicted molar refractivity (Wildman–Crippen MR) is 68.8 cm³/mol. The second kappa shape index (κ2) is 4.75. The lowest BCUT2D eigenvalue weighted by Gasteiger charge is -2.25. The first-order valence-corrected chi connectivity index (χ1v) is 6.74. The maximum absolute atomic E-state index is 4.08. The smallest absolute Gasteiger partial charge is 0.0296 e. The van der Waals surface area contributed by atoms with Gasteiger partial charge in [-0.1, -0.05) is 0 Å². The summed E-state index contributed by atoms with van der Waals surface area (Å²) in [5.41, 5.74) is 1.34. The molecule has 3 rings (SSSR count). The molecule has 1 aromatic heterocycles. The molecular formula is C14H21N3. The third-order valence-electron chi connectivity index (χ3n) is 4.28. The van der Waals surface area contributed by atoms with Gasteiger partial charge < -0.3 is 5.32 Å². The van der Waals surface area contributed by atoms with Gasteiger partial charge >= 0.3 is 0 Å². The minimum absolute atomic E-state index is 0.434. The highest BCUT2D eigenvalue weighted by atomic mass is 15.2. The Hall–Kier alpha value is -0.930. The summed E-state index contributed by atoms with van der Waals surface area (Å²) in [4.78, 5) is 6.73. The number of nitrogens with zero attached hydrogens (tertiary/aromatic N) is 2. The van der Waals surface area contributed by atoms with Gasteiger partial charge in [0.15, 0.2) is 0 Å². The highest BCUT2D eigenvalue weighted by Gasteiger charge is 2.37. The minimum Gasteiger partial charge on any atom is -0.306 e. The molecule has 0 radical (unpaired) electrons. The number of pyridine rings is 1. The zero-order valence-electron chi connectivity index (χ0n) is 10.5. The van der Waals surface area contributed by atoms with Crippen LogP contribution in [0.15, 0.2) is 24.5 Å². The average molecular weight is 231 g/mol. The van der Waals surface area contributed by atoms with Gasteiger partial charge in [0.1, 0.15) is 0 Å². The molecule has 0 saturated carbocycles. The van der Waals surface area contributed by atoms with E-state index in [0.29, 0.717) is 12.1 Å². The number of rotatable bonds is 3. The summed E-state index contributed by atoms with van der Waals surface area (Å²) >= 11 is 0. The van der Waals surface area contributed by atoms with E-state index in [-0.39, 0.29) is 0 Å². The molecule has 0 spiro atoms. The molecule has 2 saturated heterocycles. The van der Waals surface area contributed by atoms with Gasteiger partial charge in [0.2, 0.25) is 0 Å². The summed E-state index contributed by atoms with van der Waals surface area (Å²) in [5.74, 6) is 0. The van der Waals surface area contributed by atoms with Crippen molar-refractivity contribution in [3.63, 3.8) is 0 Å². The summed E-state index contributed by atoms with van der Waals surface area (Å²) in [6, 6.07) is 6.13. The van der Waals surface area contributed by atoms with Crippen molar-refractivity contribution in [1.82, 2.24) is 15.2 Å². The van der Waals surface area contributed by atoms with Crippen LogP contribution in [0.4, 0.5) is 0 Å². The first-order chi connectivity index (χ1) is 8.34. The molecule has 3 heteroatoms. The van der Waals surface area contributed by atoms with E-state index in [1.165, 1.54) is 37.9 Å². The van der Waals surface area contributed by atoms with Crippen molar-refractivity contribution in [2.45, 2.75) is 44.3 Å². The molecule has 3 heterocycles. The van der Waals surface area contributed by atoms with Crippen molar-refractivity contribution in [2.75, 3.05) is 13.1 Å². The molecule has 0 amide bonds. The van der Waals surface area contributed by atoms with Crippen molar-refractivity contribution in [3.05, 3.63) is 30.1 Å². The van der Waals surface area contributed by atoms with Gasteiger partial charge in [0.25, 0.3) is 0 Å². The van der Waals surface area contributed by atoms with E-state index in [1.54, 1.807) is 0 Å². The maximum atomic E-state index is 4.08. The highest BCUT2D eigenvalue weighted by Crippen LogP contribution is 2.29. The van der Waals surface area contributed by atoms with E-state index in [4.69, 9.17) is 0 Å². The quantitative estimate of drug-likeness (QED) is 0.862. The Morgan fingerprint density at radius 2 is 2.12 bits per heavy atom. The van der Waals surface area contributed by atoms with Gasteiger partial charge in [0, 0.05) is 37.1 Å². The van der Waals surface area contributed by atoms with Crippen molar-refractivity contribution < 1.29 is 0 Å². The Morgan fingerprint density at radius 3 is 2.94 bits per heavy atom. The van der Waals surface area contributed by atoms with Gasteiger partial charge in [-0.15, -0.1) is 0 Å². The van der Waals surface area contributed by atoms with Crippen LogP contribution in [0.5, 0.6) is 0 Å². The van der Waals surface area contributed by atoms with Crippen LogP contribution in [0.2, 0.25) is 0 Å². The van der Waals surface area contributed by atoms with Gasteiger partial charge in [0.05, 0.1) is 0 Å². The van der Waals surface area contributed by atoms with Crippen LogP contribution in [0.25, 0.3) is 0 Å². The van der Waals surface area contributed by atoms with Crippen LogP contribution in [-0.4, -0.2) is 35.1 Å². The molecule has 2 aliphatic rings. The largest absolute Gasteiger partial charge is 0.306 e. The van der Waals surface area contributed by atoms with Crippen LogP contribution < -0.4 is 5.32 Å². The number of hydrogen-bond acceptors (Lipinski definition) is 3. The SMILES string of the molecule is C[C@@H](NC1CCN2CCCC12)c1ccncc1. The molecule has 0 aromatic carbocycles. The Bertz CT molecular complexity index is 365. The fourth-order valence-electron chi connectivity index (χ4n) is 3.35. The molecule has 1 N–H and O–H groups in total. The molecule has 1 aromatic rings. The lowest BCUT2D eigenvalue weighted by atomic mass is 10.0. The molecule has 2 fully saturated rings. The summed E-state index contributed by atoms with van der Waals surface area (Å²) in [5, 5.41) is 3.80. The molecule has 2 unspecified atom stereocenters. The molecule has 3 atom stereocenters. The molecule has 2 aliphatic heterocycles. The molecular weight excluding hydrogens is 210 g/mol. The van der Waals surface area contributed by atoms with Crippen molar-refractivity contribution in [2.24, 2.45) is 0 Å². The lowest BCUT2D eigenvalue weighted by molar-refractivity contribution is 0.291. The van der Waals surface area contributed by atoms with Crippen molar-refractivity contribution in [3.8, 4) is 0 Å². The van der Waals surface area contributed by atoms with E-state index in [0.717, 1.165) is 6.04 Å². The third kappa shape index (κ3) is 2.22. The zero-order valence-corrected chi connectivity index (χ0v) is 10.5. The van der Waals surface area contributed by atoms with Crippen LogP contribution >= 0.6 is 0 Å². The first-order valence-electron chi connectivity index (χ1n) is 6.74. The van der Waals surface area contributed by atoms with Crippen LogP contribution in [0.1, 0.15) is 37.8 Å². The van der Waals surface area contributed by atoms with Crippen LogP contribution in [-0.2, 0) is 0 Å². The van der Waals surface area contributed by atoms with E-state index in [1.807, 2.05) is 12.4 Å².